The molecule has 0 spiro atoms. The zero-order valence-electron chi connectivity index (χ0n) is 12.1. The summed E-state index contributed by atoms with van der Waals surface area (Å²) in [7, 11) is 1.76. The van der Waals surface area contributed by atoms with Crippen molar-refractivity contribution in [1.82, 2.24) is 4.90 Å². The van der Waals surface area contributed by atoms with E-state index in [9.17, 15) is 4.79 Å². The number of carbonyl (C=O) groups is 1. The monoisotopic (exact) mass is 354 g/mol. The number of ether oxygens (including phenoxy) is 1. The van der Waals surface area contributed by atoms with Gasteiger partial charge in [-0.15, -0.1) is 12.4 Å². The highest BCUT2D eigenvalue weighted by molar-refractivity contribution is 6.42. The average molecular weight is 356 g/mol. The molecule has 120 valence electrons. The molecule has 0 heterocycles. The molecule has 1 atom stereocenters. The van der Waals surface area contributed by atoms with Gasteiger partial charge in [-0.1, -0.05) is 29.3 Å². The van der Waals surface area contributed by atoms with E-state index in [2.05, 4.69) is 0 Å². The predicted octanol–water partition coefficient (Wildman–Crippen LogP) is 3.38. The molecule has 0 radical (unpaired) electrons. The van der Waals surface area contributed by atoms with Crippen molar-refractivity contribution < 1.29 is 9.53 Å². The Hall–Kier alpha value is -0.680. The summed E-state index contributed by atoms with van der Waals surface area (Å²) < 4.78 is 5.52. The normalized spacial score (nSPS) is 11.5. The van der Waals surface area contributed by atoms with Crippen molar-refractivity contribution in [1.29, 1.82) is 0 Å². The van der Waals surface area contributed by atoms with Crippen molar-refractivity contribution in [2.24, 2.45) is 5.73 Å². The molecule has 0 saturated heterocycles. The molecule has 2 N–H and O–H groups in total. The molecule has 1 amide bonds. The molecule has 0 aliphatic rings. The molecule has 0 aromatic heterocycles. The van der Waals surface area contributed by atoms with Gasteiger partial charge in [-0.25, -0.2) is 0 Å². The van der Waals surface area contributed by atoms with Crippen LogP contribution in [0.3, 0.4) is 0 Å². The van der Waals surface area contributed by atoms with E-state index in [4.69, 9.17) is 33.7 Å². The Morgan fingerprint density at radius 1 is 1.43 bits per heavy atom. The van der Waals surface area contributed by atoms with Crippen LogP contribution in [0.2, 0.25) is 10.0 Å². The van der Waals surface area contributed by atoms with E-state index in [0.717, 1.165) is 0 Å². The lowest BCUT2D eigenvalue weighted by molar-refractivity contribution is -0.131. The second-order valence-electron chi connectivity index (χ2n) is 4.59. The topological polar surface area (TPSA) is 55.6 Å². The van der Waals surface area contributed by atoms with E-state index in [-0.39, 0.29) is 24.4 Å². The SMILES string of the molecule is CC(CN)N(C)C(=O)CCCOc1cccc(Cl)c1Cl.Cl. The van der Waals surface area contributed by atoms with E-state index >= 15 is 0 Å². The summed E-state index contributed by atoms with van der Waals surface area (Å²) in [6.45, 7) is 2.79. The molecular weight excluding hydrogens is 335 g/mol. The maximum absolute atomic E-state index is 11.8. The number of halogens is 3. The van der Waals surface area contributed by atoms with Gasteiger partial charge in [0.15, 0.2) is 0 Å². The number of rotatable bonds is 7. The molecule has 0 aliphatic carbocycles. The van der Waals surface area contributed by atoms with Crippen LogP contribution in [0, 0.1) is 0 Å². The zero-order valence-corrected chi connectivity index (χ0v) is 14.5. The van der Waals surface area contributed by atoms with Crippen LogP contribution in [-0.2, 0) is 4.79 Å². The number of hydrogen-bond acceptors (Lipinski definition) is 3. The lowest BCUT2D eigenvalue weighted by atomic mass is 10.2. The fourth-order valence-electron chi connectivity index (χ4n) is 1.58. The lowest BCUT2D eigenvalue weighted by Gasteiger charge is -2.23. The highest BCUT2D eigenvalue weighted by atomic mass is 35.5. The number of likely N-dealkylation sites (N-methyl/N-ethyl adjacent to an activating group) is 1. The number of carbonyl (C=O) groups excluding carboxylic acids is 1. The van der Waals surface area contributed by atoms with E-state index in [1.165, 1.54) is 0 Å². The minimum Gasteiger partial charge on any atom is -0.492 e. The first-order chi connectivity index (χ1) is 9.47. The van der Waals surface area contributed by atoms with Crippen molar-refractivity contribution in [2.45, 2.75) is 25.8 Å². The number of nitrogens with zero attached hydrogens (tertiary/aromatic N) is 1. The van der Waals surface area contributed by atoms with Gasteiger partial charge in [-0.2, -0.15) is 0 Å². The fraction of sp³-hybridized carbons (Fsp3) is 0.500. The molecule has 0 bridgehead atoms. The number of nitrogens with two attached hydrogens (primary N) is 1. The Morgan fingerprint density at radius 2 is 2.10 bits per heavy atom. The van der Waals surface area contributed by atoms with Gasteiger partial charge in [0.05, 0.1) is 11.6 Å². The van der Waals surface area contributed by atoms with Gasteiger partial charge in [0.25, 0.3) is 0 Å². The Bertz CT molecular complexity index is 458. The van der Waals surface area contributed by atoms with Gasteiger partial charge in [-0.3, -0.25) is 4.79 Å². The Balaban J connectivity index is 0.00000400. The third-order valence-corrected chi connectivity index (χ3v) is 3.91. The van der Waals surface area contributed by atoms with E-state index in [0.29, 0.717) is 41.8 Å². The molecule has 0 fully saturated rings. The second-order valence-corrected chi connectivity index (χ2v) is 5.38. The summed E-state index contributed by atoms with van der Waals surface area (Å²) in [6, 6.07) is 5.26. The Labute approximate surface area is 141 Å². The third-order valence-electron chi connectivity index (χ3n) is 3.10. The quantitative estimate of drug-likeness (QED) is 0.763. The highest BCUT2D eigenvalue weighted by Gasteiger charge is 2.14. The van der Waals surface area contributed by atoms with Crippen LogP contribution in [0.4, 0.5) is 0 Å². The fourth-order valence-corrected chi connectivity index (χ4v) is 1.93. The van der Waals surface area contributed by atoms with Gasteiger partial charge in [0, 0.05) is 26.1 Å². The van der Waals surface area contributed by atoms with Crippen molar-refractivity contribution in [3.8, 4) is 5.75 Å². The summed E-state index contributed by atoms with van der Waals surface area (Å²) in [5.41, 5.74) is 5.53. The molecule has 1 rings (SSSR count). The first-order valence-electron chi connectivity index (χ1n) is 6.50. The van der Waals surface area contributed by atoms with Crippen LogP contribution in [0.15, 0.2) is 18.2 Å². The minimum absolute atomic E-state index is 0. The predicted molar refractivity (Wildman–Crippen MR) is 89.7 cm³/mol. The summed E-state index contributed by atoms with van der Waals surface area (Å²) in [4.78, 5) is 13.5. The van der Waals surface area contributed by atoms with Gasteiger partial charge < -0.3 is 15.4 Å². The van der Waals surface area contributed by atoms with Crippen LogP contribution in [0.25, 0.3) is 0 Å². The third kappa shape index (κ3) is 6.30. The van der Waals surface area contributed by atoms with Crippen LogP contribution in [-0.4, -0.2) is 37.0 Å². The molecule has 4 nitrogen and oxygen atoms in total. The Kier molecular flexibility index (Phi) is 9.79. The number of hydrogen-bond donors (Lipinski definition) is 1. The first-order valence-corrected chi connectivity index (χ1v) is 7.25. The molecule has 0 saturated carbocycles. The van der Waals surface area contributed by atoms with Crippen molar-refractivity contribution in [2.75, 3.05) is 20.2 Å². The van der Waals surface area contributed by atoms with E-state index < -0.39 is 0 Å². The second kappa shape index (κ2) is 10.1. The van der Waals surface area contributed by atoms with Crippen LogP contribution >= 0.6 is 35.6 Å². The zero-order chi connectivity index (χ0) is 15.1. The smallest absolute Gasteiger partial charge is 0.222 e. The highest BCUT2D eigenvalue weighted by Crippen LogP contribution is 2.31. The molecular formula is C14H21Cl3N2O2. The summed E-state index contributed by atoms with van der Waals surface area (Å²) >= 11 is 11.9. The Morgan fingerprint density at radius 3 is 2.71 bits per heavy atom. The van der Waals surface area contributed by atoms with Crippen molar-refractivity contribution >= 4 is 41.5 Å². The summed E-state index contributed by atoms with van der Waals surface area (Å²) in [5, 5.41) is 0.853. The maximum atomic E-state index is 11.8. The molecule has 7 heteroatoms. The van der Waals surface area contributed by atoms with E-state index in [1.54, 1.807) is 30.1 Å². The van der Waals surface area contributed by atoms with Crippen LogP contribution in [0.1, 0.15) is 19.8 Å². The molecule has 1 unspecified atom stereocenters. The lowest BCUT2D eigenvalue weighted by Crippen LogP contribution is -2.39. The standard InChI is InChI=1S/C14H20Cl2N2O2.ClH/c1-10(9-17)18(2)13(19)7-4-8-20-12-6-3-5-11(15)14(12)16;/h3,5-6,10H,4,7-9,17H2,1-2H3;1H. The van der Waals surface area contributed by atoms with E-state index in [1.807, 2.05) is 6.92 Å². The van der Waals surface area contributed by atoms with Gasteiger partial charge >= 0.3 is 0 Å². The number of amides is 1. The molecule has 1 aromatic rings. The largest absolute Gasteiger partial charge is 0.492 e. The summed E-state index contributed by atoms with van der Waals surface area (Å²) in [5.74, 6) is 0.596. The molecule has 21 heavy (non-hydrogen) atoms. The van der Waals surface area contributed by atoms with Gasteiger partial charge in [-0.05, 0) is 25.5 Å². The first kappa shape index (κ1) is 20.3. The van der Waals surface area contributed by atoms with Crippen molar-refractivity contribution in [3.05, 3.63) is 28.2 Å². The van der Waals surface area contributed by atoms with Crippen LogP contribution < -0.4 is 10.5 Å². The van der Waals surface area contributed by atoms with Crippen molar-refractivity contribution in [3.63, 3.8) is 0 Å². The van der Waals surface area contributed by atoms with Crippen LogP contribution in [0.5, 0.6) is 5.75 Å². The maximum Gasteiger partial charge on any atom is 0.222 e. The number of benzene rings is 1. The minimum atomic E-state index is 0. The average Bonchev–Trinajstić information content (AvgIpc) is 2.45. The summed E-state index contributed by atoms with van der Waals surface area (Å²) in [6.07, 6.45) is 1.03. The van der Waals surface area contributed by atoms with Gasteiger partial charge in [0.2, 0.25) is 5.91 Å². The molecule has 1 aromatic carbocycles. The van der Waals surface area contributed by atoms with Gasteiger partial charge in [0.1, 0.15) is 10.8 Å². The molecule has 0 aliphatic heterocycles.